The number of benzene rings is 1. The third kappa shape index (κ3) is 1.55. The zero-order valence-electron chi connectivity index (χ0n) is 6.61. The minimum Gasteiger partial charge on any atom is -0.222 e. The van der Waals surface area contributed by atoms with Gasteiger partial charge in [-0.1, -0.05) is 17.7 Å². The van der Waals surface area contributed by atoms with Crippen molar-refractivity contribution in [3.63, 3.8) is 0 Å². The SMILES string of the molecule is Fc1cccc(-n2nccc2Cl)c1. The van der Waals surface area contributed by atoms with Gasteiger partial charge in [-0.3, -0.25) is 0 Å². The highest BCUT2D eigenvalue weighted by atomic mass is 35.5. The topological polar surface area (TPSA) is 17.8 Å². The van der Waals surface area contributed by atoms with E-state index in [1.807, 2.05) is 0 Å². The molecular weight excluding hydrogens is 191 g/mol. The molecule has 0 radical (unpaired) electrons. The van der Waals surface area contributed by atoms with E-state index >= 15 is 0 Å². The van der Waals surface area contributed by atoms with Crippen molar-refractivity contribution in [1.82, 2.24) is 9.78 Å². The maximum atomic E-state index is 12.8. The summed E-state index contributed by atoms with van der Waals surface area (Å²) in [6.45, 7) is 0. The van der Waals surface area contributed by atoms with Gasteiger partial charge < -0.3 is 0 Å². The summed E-state index contributed by atoms with van der Waals surface area (Å²) in [5, 5.41) is 4.41. The Labute approximate surface area is 79.6 Å². The van der Waals surface area contributed by atoms with E-state index in [1.165, 1.54) is 16.8 Å². The third-order valence-electron chi connectivity index (χ3n) is 1.65. The Kier molecular flexibility index (Phi) is 2.02. The molecule has 66 valence electrons. The molecule has 0 saturated carbocycles. The molecule has 2 aromatic rings. The molecule has 0 N–H and O–H groups in total. The van der Waals surface area contributed by atoms with Crippen LogP contribution in [0.5, 0.6) is 0 Å². The lowest BCUT2D eigenvalue weighted by Crippen LogP contribution is -1.95. The van der Waals surface area contributed by atoms with E-state index in [0.717, 1.165) is 0 Å². The lowest BCUT2D eigenvalue weighted by atomic mass is 10.3. The lowest BCUT2D eigenvalue weighted by molar-refractivity contribution is 0.625. The van der Waals surface area contributed by atoms with Crippen LogP contribution in [0.15, 0.2) is 36.5 Å². The van der Waals surface area contributed by atoms with Crippen LogP contribution in [0, 0.1) is 5.82 Å². The summed E-state index contributed by atoms with van der Waals surface area (Å²) >= 11 is 5.80. The van der Waals surface area contributed by atoms with Crippen LogP contribution in [0.25, 0.3) is 5.69 Å². The van der Waals surface area contributed by atoms with Crippen LogP contribution in [-0.4, -0.2) is 9.78 Å². The first kappa shape index (κ1) is 8.26. The van der Waals surface area contributed by atoms with Crippen LogP contribution in [0.3, 0.4) is 0 Å². The van der Waals surface area contributed by atoms with Crippen molar-refractivity contribution in [3.05, 3.63) is 47.5 Å². The van der Waals surface area contributed by atoms with Crippen LogP contribution in [0.4, 0.5) is 4.39 Å². The van der Waals surface area contributed by atoms with Crippen molar-refractivity contribution in [1.29, 1.82) is 0 Å². The summed E-state index contributed by atoms with van der Waals surface area (Å²) in [5.41, 5.74) is 0.620. The van der Waals surface area contributed by atoms with Gasteiger partial charge in [-0.05, 0) is 24.3 Å². The number of nitrogens with zero attached hydrogens (tertiary/aromatic N) is 2. The van der Waals surface area contributed by atoms with Crippen molar-refractivity contribution >= 4 is 11.6 Å². The normalized spacial score (nSPS) is 10.3. The second kappa shape index (κ2) is 3.18. The first-order chi connectivity index (χ1) is 6.27. The number of halogens is 2. The Hall–Kier alpha value is -1.35. The summed E-state index contributed by atoms with van der Waals surface area (Å²) in [5.74, 6) is -0.302. The van der Waals surface area contributed by atoms with Gasteiger partial charge in [0.15, 0.2) is 0 Å². The van der Waals surface area contributed by atoms with Gasteiger partial charge >= 0.3 is 0 Å². The summed E-state index contributed by atoms with van der Waals surface area (Å²) < 4.78 is 14.3. The van der Waals surface area contributed by atoms with E-state index in [2.05, 4.69) is 5.10 Å². The van der Waals surface area contributed by atoms with E-state index < -0.39 is 0 Å². The van der Waals surface area contributed by atoms with Gasteiger partial charge in [-0.15, -0.1) is 0 Å². The van der Waals surface area contributed by atoms with E-state index in [4.69, 9.17) is 11.6 Å². The van der Waals surface area contributed by atoms with Crippen molar-refractivity contribution in [3.8, 4) is 5.69 Å². The predicted molar refractivity (Wildman–Crippen MR) is 48.5 cm³/mol. The molecule has 0 saturated heterocycles. The van der Waals surface area contributed by atoms with Crippen molar-refractivity contribution in [2.75, 3.05) is 0 Å². The molecule has 13 heavy (non-hydrogen) atoms. The Morgan fingerprint density at radius 3 is 2.77 bits per heavy atom. The highest BCUT2D eigenvalue weighted by Crippen LogP contribution is 2.15. The van der Waals surface area contributed by atoms with E-state index in [-0.39, 0.29) is 5.82 Å². The molecule has 0 bridgehead atoms. The zero-order valence-corrected chi connectivity index (χ0v) is 7.37. The van der Waals surface area contributed by atoms with Gasteiger partial charge in [-0.2, -0.15) is 5.10 Å². The van der Waals surface area contributed by atoms with E-state index in [0.29, 0.717) is 10.8 Å². The van der Waals surface area contributed by atoms with Crippen molar-refractivity contribution in [2.24, 2.45) is 0 Å². The molecule has 0 spiro atoms. The molecule has 0 unspecified atom stereocenters. The van der Waals surface area contributed by atoms with Crippen molar-refractivity contribution < 1.29 is 4.39 Å². The van der Waals surface area contributed by atoms with Crippen LogP contribution in [0.2, 0.25) is 5.15 Å². The van der Waals surface area contributed by atoms with Gasteiger partial charge in [0.1, 0.15) is 11.0 Å². The largest absolute Gasteiger partial charge is 0.222 e. The van der Waals surface area contributed by atoms with Crippen LogP contribution in [-0.2, 0) is 0 Å². The number of aromatic nitrogens is 2. The van der Waals surface area contributed by atoms with E-state index in [9.17, 15) is 4.39 Å². The van der Waals surface area contributed by atoms with E-state index in [1.54, 1.807) is 24.4 Å². The predicted octanol–water partition coefficient (Wildman–Crippen LogP) is 2.66. The summed E-state index contributed by atoms with van der Waals surface area (Å²) in [7, 11) is 0. The Balaban J connectivity index is 2.53. The fourth-order valence-electron chi connectivity index (χ4n) is 1.09. The monoisotopic (exact) mass is 196 g/mol. The van der Waals surface area contributed by atoms with Crippen LogP contribution >= 0.6 is 11.6 Å². The van der Waals surface area contributed by atoms with Crippen LogP contribution < -0.4 is 0 Å². The Bertz CT molecular complexity index is 425. The second-order valence-electron chi connectivity index (χ2n) is 2.55. The highest BCUT2D eigenvalue weighted by Gasteiger charge is 2.02. The zero-order chi connectivity index (χ0) is 9.26. The molecular formula is C9H6ClFN2. The van der Waals surface area contributed by atoms with Gasteiger partial charge in [-0.25, -0.2) is 9.07 Å². The van der Waals surface area contributed by atoms with Gasteiger partial charge in [0, 0.05) is 0 Å². The fraction of sp³-hybridized carbons (Fsp3) is 0. The highest BCUT2D eigenvalue weighted by molar-refractivity contribution is 6.29. The molecule has 0 atom stereocenters. The minimum atomic E-state index is -0.302. The molecule has 4 heteroatoms. The summed E-state index contributed by atoms with van der Waals surface area (Å²) in [6, 6.07) is 7.75. The molecule has 0 aliphatic carbocycles. The van der Waals surface area contributed by atoms with Crippen molar-refractivity contribution in [2.45, 2.75) is 0 Å². The average Bonchev–Trinajstić information content (AvgIpc) is 2.51. The molecule has 0 amide bonds. The Morgan fingerprint density at radius 1 is 1.31 bits per heavy atom. The third-order valence-corrected chi connectivity index (χ3v) is 1.94. The quantitative estimate of drug-likeness (QED) is 0.686. The Morgan fingerprint density at radius 2 is 2.15 bits per heavy atom. The average molecular weight is 197 g/mol. The first-order valence-electron chi connectivity index (χ1n) is 3.73. The van der Waals surface area contributed by atoms with Gasteiger partial charge in [0.05, 0.1) is 11.9 Å². The molecule has 1 aromatic heterocycles. The standard InChI is InChI=1S/C9H6ClFN2/c10-9-4-5-12-13(9)8-3-1-2-7(11)6-8/h1-6H. The molecule has 0 aliphatic heterocycles. The molecule has 0 fully saturated rings. The maximum absolute atomic E-state index is 12.8. The maximum Gasteiger partial charge on any atom is 0.132 e. The van der Waals surface area contributed by atoms with Crippen LogP contribution in [0.1, 0.15) is 0 Å². The number of hydrogen-bond acceptors (Lipinski definition) is 1. The smallest absolute Gasteiger partial charge is 0.132 e. The lowest BCUT2D eigenvalue weighted by Gasteiger charge is -2.01. The number of hydrogen-bond donors (Lipinski definition) is 0. The molecule has 0 aliphatic rings. The summed E-state index contributed by atoms with van der Waals surface area (Å²) in [4.78, 5) is 0. The molecule has 1 aromatic carbocycles. The minimum absolute atomic E-state index is 0.302. The molecule has 2 nitrogen and oxygen atoms in total. The second-order valence-corrected chi connectivity index (χ2v) is 2.93. The van der Waals surface area contributed by atoms with Gasteiger partial charge in [0.2, 0.25) is 0 Å². The molecule has 1 heterocycles. The summed E-state index contributed by atoms with van der Waals surface area (Å²) in [6.07, 6.45) is 1.56. The molecule has 2 rings (SSSR count). The first-order valence-corrected chi connectivity index (χ1v) is 4.10. The fourth-order valence-corrected chi connectivity index (χ4v) is 1.28. The number of rotatable bonds is 1. The van der Waals surface area contributed by atoms with Gasteiger partial charge in [0.25, 0.3) is 0 Å².